The van der Waals surface area contributed by atoms with Crippen LogP contribution >= 0.6 is 0 Å². The molecule has 0 aliphatic carbocycles. The first-order valence-electron chi connectivity index (χ1n) is 7.34. The molecule has 126 valence electrons. The Bertz CT molecular complexity index is 446. The van der Waals surface area contributed by atoms with Gasteiger partial charge < -0.3 is 9.47 Å². The molecule has 7 heteroatoms. The molecule has 7 nitrogen and oxygen atoms in total. The first-order chi connectivity index (χ1) is 9.89. The van der Waals surface area contributed by atoms with Crippen LogP contribution in [0.3, 0.4) is 0 Å². The standard InChI is InChI=1S/C15H27N3O4/c1-10(2)8-11(12(19)22-14(3,4)5)21-13(20)15(6,7)9-17-18-16/h10-11H,8-9H2,1-7H3/t11-/m0/s1. The van der Waals surface area contributed by atoms with Crippen LogP contribution in [0.25, 0.3) is 10.4 Å². The summed E-state index contributed by atoms with van der Waals surface area (Å²) < 4.78 is 10.6. The molecule has 0 aliphatic rings. The van der Waals surface area contributed by atoms with Gasteiger partial charge in [-0.15, -0.1) is 0 Å². The molecule has 0 amide bonds. The summed E-state index contributed by atoms with van der Waals surface area (Å²) in [4.78, 5) is 27.0. The van der Waals surface area contributed by atoms with Gasteiger partial charge in [-0.2, -0.15) is 0 Å². The summed E-state index contributed by atoms with van der Waals surface area (Å²) in [7, 11) is 0. The molecule has 22 heavy (non-hydrogen) atoms. The Morgan fingerprint density at radius 1 is 1.18 bits per heavy atom. The minimum absolute atomic E-state index is 0.0367. The molecule has 0 bridgehead atoms. The van der Waals surface area contributed by atoms with Gasteiger partial charge in [0.05, 0.1) is 5.41 Å². The summed E-state index contributed by atoms with van der Waals surface area (Å²) in [6.07, 6.45) is -0.588. The second-order valence-electron chi connectivity index (χ2n) is 7.33. The molecule has 0 N–H and O–H groups in total. The van der Waals surface area contributed by atoms with Crippen LogP contribution in [0.15, 0.2) is 5.11 Å². The van der Waals surface area contributed by atoms with Gasteiger partial charge >= 0.3 is 11.9 Å². The second kappa shape index (κ2) is 8.03. The van der Waals surface area contributed by atoms with E-state index >= 15 is 0 Å². The van der Waals surface area contributed by atoms with Crippen molar-refractivity contribution in [1.82, 2.24) is 0 Å². The van der Waals surface area contributed by atoms with Crippen LogP contribution in [-0.2, 0) is 19.1 Å². The lowest BCUT2D eigenvalue weighted by molar-refractivity contribution is -0.181. The van der Waals surface area contributed by atoms with E-state index in [4.69, 9.17) is 15.0 Å². The Labute approximate surface area is 132 Å². The number of hydrogen-bond acceptors (Lipinski definition) is 5. The minimum atomic E-state index is -0.997. The zero-order chi connectivity index (χ0) is 17.6. The quantitative estimate of drug-likeness (QED) is 0.310. The lowest BCUT2D eigenvalue weighted by atomic mass is 9.94. The molecular formula is C15H27N3O4. The van der Waals surface area contributed by atoms with E-state index in [1.807, 2.05) is 13.8 Å². The van der Waals surface area contributed by atoms with Crippen molar-refractivity contribution in [3.05, 3.63) is 10.4 Å². The van der Waals surface area contributed by atoms with E-state index in [0.29, 0.717) is 6.42 Å². The largest absolute Gasteiger partial charge is 0.457 e. The minimum Gasteiger partial charge on any atom is -0.457 e. The highest BCUT2D eigenvalue weighted by Gasteiger charge is 2.35. The normalized spacial score (nSPS) is 13.3. The van der Waals surface area contributed by atoms with Crippen LogP contribution in [0, 0.1) is 11.3 Å². The van der Waals surface area contributed by atoms with Crippen molar-refractivity contribution in [2.45, 2.75) is 66.6 Å². The molecule has 0 aromatic heterocycles. The molecule has 0 rings (SSSR count). The molecule has 0 radical (unpaired) electrons. The highest BCUT2D eigenvalue weighted by atomic mass is 16.6. The van der Waals surface area contributed by atoms with Crippen molar-refractivity contribution in [3.63, 3.8) is 0 Å². The zero-order valence-electron chi connectivity index (χ0n) is 14.5. The molecule has 0 spiro atoms. The van der Waals surface area contributed by atoms with Crippen molar-refractivity contribution < 1.29 is 19.1 Å². The molecule has 0 aromatic rings. The summed E-state index contributed by atoms with van der Waals surface area (Å²) in [5.41, 5.74) is 6.71. The van der Waals surface area contributed by atoms with Crippen molar-refractivity contribution in [2.75, 3.05) is 6.54 Å². The number of carbonyl (C=O) groups excluding carboxylic acids is 2. The van der Waals surface area contributed by atoms with E-state index in [-0.39, 0.29) is 12.5 Å². The Balaban J connectivity index is 5.02. The van der Waals surface area contributed by atoms with Gasteiger partial charge in [-0.25, -0.2) is 4.79 Å². The van der Waals surface area contributed by atoms with Crippen LogP contribution in [0.4, 0.5) is 0 Å². The summed E-state index contributed by atoms with van der Waals surface area (Å²) in [6.45, 7) is 12.3. The predicted octanol–water partition coefficient (Wildman–Crippen LogP) is 3.62. The molecule has 0 fully saturated rings. The molecular weight excluding hydrogens is 286 g/mol. The van der Waals surface area contributed by atoms with Gasteiger partial charge in [0.2, 0.25) is 0 Å². The average Bonchev–Trinajstić information content (AvgIpc) is 2.32. The SMILES string of the molecule is CC(C)C[C@H](OC(=O)C(C)(C)CN=[N+]=[N-])C(=O)OC(C)(C)C. The maximum Gasteiger partial charge on any atom is 0.347 e. The lowest BCUT2D eigenvalue weighted by Gasteiger charge is -2.27. The highest BCUT2D eigenvalue weighted by Crippen LogP contribution is 2.22. The third kappa shape index (κ3) is 7.88. The topological polar surface area (TPSA) is 101 Å². The fourth-order valence-corrected chi connectivity index (χ4v) is 1.55. The monoisotopic (exact) mass is 313 g/mol. The molecule has 0 unspecified atom stereocenters. The number of nitrogens with zero attached hydrogens (tertiary/aromatic N) is 3. The number of hydrogen-bond donors (Lipinski definition) is 0. The Hall–Kier alpha value is -1.75. The van der Waals surface area contributed by atoms with Crippen LogP contribution < -0.4 is 0 Å². The Morgan fingerprint density at radius 2 is 1.73 bits per heavy atom. The zero-order valence-corrected chi connectivity index (χ0v) is 14.5. The van der Waals surface area contributed by atoms with E-state index in [0.717, 1.165) is 0 Å². The lowest BCUT2D eigenvalue weighted by Crippen LogP contribution is -2.39. The van der Waals surface area contributed by atoms with Gasteiger partial charge in [-0.1, -0.05) is 19.0 Å². The molecule has 0 saturated heterocycles. The van der Waals surface area contributed by atoms with Crippen LogP contribution in [0.5, 0.6) is 0 Å². The Morgan fingerprint density at radius 3 is 2.14 bits per heavy atom. The van der Waals surface area contributed by atoms with Crippen molar-refractivity contribution in [3.8, 4) is 0 Å². The Kier molecular flexibility index (Phi) is 7.39. The van der Waals surface area contributed by atoms with Gasteiger partial charge in [0, 0.05) is 11.5 Å². The fraction of sp³-hybridized carbons (Fsp3) is 0.867. The number of esters is 2. The van der Waals surface area contributed by atoms with E-state index in [1.54, 1.807) is 34.6 Å². The van der Waals surface area contributed by atoms with Crippen LogP contribution in [-0.4, -0.2) is 30.2 Å². The maximum absolute atomic E-state index is 12.2. The average molecular weight is 313 g/mol. The summed E-state index contributed by atoms with van der Waals surface area (Å²) >= 11 is 0. The van der Waals surface area contributed by atoms with Gasteiger partial charge in [-0.05, 0) is 52.5 Å². The molecule has 1 atom stereocenters. The van der Waals surface area contributed by atoms with Crippen LogP contribution in [0.2, 0.25) is 0 Å². The van der Waals surface area contributed by atoms with Gasteiger partial charge in [0.25, 0.3) is 0 Å². The summed E-state index contributed by atoms with van der Waals surface area (Å²) in [6, 6.07) is 0. The molecule has 0 aromatic carbocycles. The van der Waals surface area contributed by atoms with Crippen LogP contribution in [0.1, 0.15) is 54.9 Å². The summed E-state index contributed by atoms with van der Waals surface area (Å²) in [5.74, 6) is -0.990. The van der Waals surface area contributed by atoms with Crippen molar-refractivity contribution >= 4 is 11.9 Å². The fourth-order valence-electron chi connectivity index (χ4n) is 1.55. The van der Waals surface area contributed by atoms with Gasteiger partial charge in [0.1, 0.15) is 5.60 Å². The van der Waals surface area contributed by atoms with Gasteiger partial charge in [-0.3, -0.25) is 4.79 Å². The molecule has 0 heterocycles. The summed E-state index contributed by atoms with van der Waals surface area (Å²) in [5, 5.41) is 3.40. The van der Waals surface area contributed by atoms with E-state index in [2.05, 4.69) is 10.0 Å². The number of azide groups is 1. The van der Waals surface area contributed by atoms with Crippen molar-refractivity contribution in [2.24, 2.45) is 16.4 Å². The van der Waals surface area contributed by atoms with Crippen molar-refractivity contribution in [1.29, 1.82) is 0 Å². The number of ether oxygens (including phenoxy) is 2. The second-order valence-corrected chi connectivity index (χ2v) is 7.33. The number of rotatable bonds is 7. The van der Waals surface area contributed by atoms with E-state index < -0.39 is 29.1 Å². The van der Waals surface area contributed by atoms with Gasteiger partial charge in [0.15, 0.2) is 6.10 Å². The highest BCUT2D eigenvalue weighted by molar-refractivity contribution is 5.82. The predicted molar refractivity (Wildman–Crippen MR) is 83.0 cm³/mol. The third-order valence-corrected chi connectivity index (χ3v) is 2.69. The first kappa shape index (κ1) is 20.2. The smallest absolute Gasteiger partial charge is 0.347 e. The molecule has 0 aliphatic heterocycles. The molecule has 0 saturated carbocycles. The third-order valence-electron chi connectivity index (χ3n) is 2.69. The van der Waals surface area contributed by atoms with E-state index in [9.17, 15) is 9.59 Å². The number of carbonyl (C=O) groups is 2. The first-order valence-corrected chi connectivity index (χ1v) is 7.34. The van der Waals surface area contributed by atoms with E-state index in [1.165, 1.54) is 0 Å². The maximum atomic E-state index is 12.2.